The molecular weight excluding hydrogens is 264 g/mol. The van der Waals surface area contributed by atoms with Crippen molar-refractivity contribution in [1.82, 2.24) is 5.32 Å². The predicted octanol–water partition coefficient (Wildman–Crippen LogP) is 1.56. The van der Waals surface area contributed by atoms with Crippen molar-refractivity contribution in [3.8, 4) is 0 Å². The minimum absolute atomic E-state index is 0.0936. The molecule has 2 saturated heterocycles. The van der Waals surface area contributed by atoms with Crippen molar-refractivity contribution in [3.63, 3.8) is 0 Å². The van der Waals surface area contributed by atoms with Gasteiger partial charge in [0.15, 0.2) is 0 Å². The smallest absolute Gasteiger partial charge is 0.239 e. The van der Waals surface area contributed by atoms with Gasteiger partial charge in [0.25, 0.3) is 0 Å². The molecule has 2 fully saturated rings. The predicted molar refractivity (Wildman–Crippen MR) is 79.0 cm³/mol. The van der Waals surface area contributed by atoms with Crippen LogP contribution in [0.1, 0.15) is 18.4 Å². The van der Waals surface area contributed by atoms with E-state index in [0.29, 0.717) is 12.0 Å². The molecule has 4 aliphatic rings. The van der Waals surface area contributed by atoms with Crippen LogP contribution < -0.4 is 10.2 Å². The maximum Gasteiger partial charge on any atom is 0.239 e. The number of amides is 1. The van der Waals surface area contributed by atoms with E-state index in [1.165, 1.54) is 5.56 Å². The van der Waals surface area contributed by atoms with Crippen LogP contribution in [0.4, 0.5) is 5.69 Å². The van der Waals surface area contributed by atoms with Gasteiger partial charge in [0, 0.05) is 24.7 Å². The van der Waals surface area contributed by atoms with Crippen LogP contribution in [0.5, 0.6) is 0 Å². The van der Waals surface area contributed by atoms with E-state index in [4.69, 9.17) is 4.74 Å². The number of hydrogen-bond donors (Lipinski definition) is 1. The van der Waals surface area contributed by atoms with Crippen LogP contribution in [0.15, 0.2) is 36.6 Å². The minimum Gasteiger partial charge on any atom is -0.496 e. The van der Waals surface area contributed by atoms with E-state index in [1.807, 2.05) is 36.4 Å². The molecule has 2 bridgehead atoms. The number of carbonyl (C=O) groups is 1. The molecule has 4 aliphatic heterocycles. The fourth-order valence-electron chi connectivity index (χ4n) is 5.03. The summed E-state index contributed by atoms with van der Waals surface area (Å²) >= 11 is 0. The summed E-state index contributed by atoms with van der Waals surface area (Å²) in [5.41, 5.74) is 1.80. The lowest BCUT2D eigenvalue weighted by atomic mass is 9.65. The third kappa shape index (κ3) is 1.19. The van der Waals surface area contributed by atoms with E-state index < -0.39 is 5.41 Å². The quantitative estimate of drug-likeness (QED) is 0.785. The fraction of sp³-hybridized carbons (Fsp3) is 0.471. The van der Waals surface area contributed by atoms with Crippen molar-refractivity contribution >= 4 is 11.6 Å². The van der Waals surface area contributed by atoms with Crippen LogP contribution in [0.25, 0.3) is 0 Å². The number of para-hydroxylation sites is 1. The molecule has 1 N–H and O–H groups in total. The van der Waals surface area contributed by atoms with Gasteiger partial charge in [0.1, 0.15) is 6.10 Å². The molecule has 108 valence electrons. The average molecular weight is 282 g/mol. The maximum absolute atomic E-state index is 13.1. The van der Waals surface area contributed by atoms with Crippen LogP contribution >= 0.6 is 0 Å². The van der Waals surface area contributed by atoms with Gasteiger partial charge in [-0.25, -0.2) is 0 Å². The van der Waals surface area contributed by atoms with E-state index >= 15 is 0 Å². The van der Waals surface area contributed by atoms with Crippen molar-refractivity contribution < 1.29 is 9.53 Å². The Labute approximate surface area is 123 Å². The van der Waals surface area contributed by atoms with Crippen molar-refractivity contribution in [3.05, 3.63) is 42.2 Å². The van der Waals surface area contributed by atoms with Crippen LogP contribution in [0.2, 0.25) is 0 Å². The van der Waals surface area contributed by atoms with Crippen LogP contribution in [0, 0.1) is 5.92 Å². The molecule has 1 unspecified atom stereocenters. The minimum atomic E-state index is -0.428. The van der Waals surface area contributed by atoms with Gasteiger partial charge >= 0.3 is 0 Å². The zero-order chi connectivity index (χ0) is 14.2. The van der Waals surface area contributed by atoms with Crippen LogP contribution in [-0.2, 0) is 14.9 Å². The second kappa shape index (κ2) is 3.69. The summed E-state index contributed by atoms with van der Waals surface area (Å²) in [6.07, 6.45) is 5.99. The Morgan fingerprint density at radius 3 is 3.14 bits per heavy atom. The number of anilines is 1. The summed E-state index contributed by atoms with van der Waals surface area (Å²) in [7, 11) is 1.89. The highest BCUT2D eigenvalue weighted by molar-refractivity contribution is 6.09. The van der Waals surface area contributed by atoms with E-state index in [2.05, 4.69) is 17.5 Å². The van der Waals surface area contributed by atoms with Gasteiger partial charge in [0.05, 0.1) is 17.7 Å². The molecule has 0 aliphatic carbocycles. The Morgan fingerprint density at radius 1 is 1.38 bits per heavy atom. The molecule has 1 spiro atoms. The van der Waals surface area contributed by atoms with Gasteiger partial charge < -0.3 is 15.0 Å². The van der Waals surface area contributed by atoms with Crippen molar-refractivity contribution in [2.75, 3.05) is 11.9 Å². The lowest BCUT2D eigenvalue weighted by molar-refractivity contribution is -0.125. The summed E-state index contributed by atoms with van der Waals surface area (Å²) < 4.78 is 5.91. The molecule has 0 saturated carbocycles. The number of nitrogens with one attached hydrogen (secondary N) is 1. The van der Waals surface area contributed by atoms with Gasteiger partial charge in [-0.3, -0.25) is 4.79 Å². The molecule has 5 rings (SSSR count). The molecule has 4 heteroatoms. The normalized spacial score (nSPS) is 42.3. The zero-order valence-corrected chi connectivity index (χ0v) is 12.0. The van der Waals surface area contributed by atoms with Crippen molar-refractivity contribution in [1.29, 1.82) is 0 Å². The number of nitrogens with zero attached hydrogens (tertiary/aromatic N) is 1. The molecular formula is C17H18N2O2. The zero-order valence-electron chi connectivity index (χ0n) is 12.0. The lowest BCUT2D eigenvalue weighted by Crippen LogP contribution is -2.55. The highest BCUT2D eigenvalue weighted by atomic mass is 16.5. The molecule has 4 nitrogen and oxygen atoms in total. The number of benzene rings is 1. The highest BCUT2D eigenvalue weighted by Crippen LogP contribution is 2.56. The number of fused-ring (bicyclic) bond motifs is 8. The second-order valence-corrected chi connectivity index (χ2v) is 6.68. The van der Waals surface area contributed by atoms with E-state index in [1.54, 1.807) is 0 Å². The first-order chi connectivity index (χ1) is 10.2. The molecule has 1 aromatic carbocycles. The fourth-order valence-corrected chi connectivity index (χ4v) is 5.03. The van der Waals surface area contributed by atoms with E-state index in [0.717, 1.165) is 18.5 Å². The number of likely N-dealkylation sites (N-methyl/N-ethyl adjacent to an activating group) is 1. The first-order valence-electron chi connectivity index (χ1n) is 7.67. The molecule has 1 aromatic rings. The third-order valence-electron chi connectivity index (χ3n) is 5.91. The first kappa shape index (κ1) is 11.8. The second-order valence-electron chi connectivity index (χ2n) is 6.68. The monoisotopic (exact) mass is 282 g/mol. The van der Waals surface area contributed by atoms with Gasteiger partial charge in [-0.05, 0) is 30.5 Å². The SMILES string of the molecule is CN1C(=O)C2(C[C@H]3N[C@@H]2[C@@H]2OC=CC[C@@H]23)c2ccccc21. The molecule has 0 aromatic heterocycles. The van der Waals surface area contributed by atoms with E-state index in [-0.39, 0.29) is 18.1 Å². The Morgan fingerprint density at radius 2 is 2.24 bits per heavy atom. The summed E-state index contributed by atoms with van der Waals surface area (Å²) in [5.74, 6) is 0.733. The van der Waals surface area contributed by atoms with Crippen LogP contribution in [0.3, 0.4) is 0 Å². The number of rotatable bonds is 0. The summed E-state index contributed by atoms with van der Waals surface area (Å²) in [5, 5.41) is 3.68. The van der Waals surface area contributed by atoms with Gasteiger partial charge in [-0.15, -0.1) is 0 Å². The number of ether oxygens (including phenoxy) is 1. The molecule has 0 radical (unpaired) electrons. The Balaban J connectivity index is 1.68. The number of allylic oxidation sites excluding steroid dienone is 1. The van der Waals surface area contributed by atoms with Gasteiger partial charge in [-0.2, -0.15) is 0 Å². The molecule has 1 amide bonds. The molecule has 4 heterocycles. The molecule has 21 heavy (non-hydrogen) atoms. The highest BCUT2D eigenvalue weighted by Gasteiger charge is 2.68. The standard InChI is InChI=1S/C17H18N2O2/c1-19-13-7-3-2-6-11(13)17(16(19)20)9-12-10-5-4-8-21-14(10)15(17)18-12/h2-4,6-8,10,12,14-15,18H,5,9H2,1H3/t10-,12-,14-,15-,17?/m1/s1. The number of carbonyl (C=O) groups excluding carboxylic acids is 1. The van der Waals surface area contributed by atoms with E-state index in [9.17, 15) is 4.79 Å². The first-order valence-corrected chi connectivity index (χ1v) is 7.67. The molecule has 5 atom stereocenters. The summed E-state index contributed by atoms with van der Waals surface area (Å²) in [6, 6.07) is 8.69. The maximum atomic E-state index is 13.1. The Hall–Kier alpha value is -1.81. The Kier molecular flexibility index (Phi) is 2.07. The van der Waals surface area contributed by atoms with Crippen molar-refractivity contribution in [2.24, 2.45) is 5.92 Å². The largest absolute Gasteiger partial charge is 0.496 e. The topological polar surface area (TPSA) is 41.6 Å². The van der Waals surface area contributed by atoms with Gasteiger partial charge in [0.2, 0.25) is 5.91 Å². The summed E-state index contributed by atoms with van der Waals surface area (Å²) in [6.45, 7) is 0. The number of hydrogen-bond acceptors (Lipinski definition) is 3. The summed E-state index contributed by atoms with van der Waals surface area (Å²) in [4.78, 5) is 14.9. The lowest BCUT2D eigenvalue weighted by Gasteiger charge is -2.40. The van der Waals surface area contributed by atoms with Gasteiger partial charge in [-0.1, -0.05) is 18.2 Å². The average Bonchev–Trinajstić information content (AvgIpc) is 3.16. The van der Waals surface area contributed by atoms with Crippen LogP contribution in [-0.4, -0.2) is 31.1 Å². The Bertz CT molecular complexity index is 671. The third-order valence-corrected chi connectivity index (χ3v) is 5.91. The van der Waals surface area contributed by atoms with Crippen molar-refractivity contribution in [2.45, 2.75) is 36.4 Å².